The number of carbonyl (C=O) groups is 1. The van der Waals surface area contributed by atoms with Crippen LogP contribution in [0, 0.1) is 0 Å². The van der Waals surface area contributed by atoms with Gasteiger partial charge in [0, 0.05) is 15.5 Å². The molecule has 3 aromatic rings. The Hall–Kier alpha value is -2.07. The van der Waals surface area contributed by atoms with E-state index >= 15 is 0 Å². The van der Waals surface area contributed by atoms with E-state index in [1.54, 1.807) is 17.6 Å². The fraction of sp³-hybridized carbons (Fsp3) is 0.133. The summed E-state index contributed by atoms with van der Waals surface area (Å²) in [4.78, 5) is 12.3. The van der Waals surface area contributed by atoms with E-state index in [-0.39, 0.29) is 11.9 Å². The molecule has 3 rings (SSSR count). The number of fused-ring (bicyclic) bond motifs is 1. The van der Waals surface area contributed by atoms with Gasteiger partial charge in [0.25, 0.3) is 5.91 Å². The molecule has 2 aromatic heterocycles. The average molecular weight is 271 g/mol. The van der Waals surface area contributed by atoms with Gasteiger partial charge in [0.1, 0.15) is 5.76 Å². The highest BCUT2D eigenvalue weighted by Gasteiger charge is 2.16. The van der Waals surface area contributed by atoms with Crippen molar-refractivity contribution in [2.45, 2.75) is 13.0 Å². The van der Waals surface area contributed by atoms with Gasteiger partial charge in [-0.1, -0.05) is 18.2 Å². The molecule has 4 heteroatoms. The van der Waals surface area contributed by atoms with Gasteiger partial charge < -0.3 is 9.73 Å². The fourth-order valence-electron chi connectivity index (χ4n) is 2.04. The molecule has 3 nitrogen and oxygen atoms in total. The fourth-order valence-corrected chi connectivity index (χ4v) is 2.98. The minimum Gasteiger partial charge on any atom is -0.467 e. The number of hydrogen-bond donors (Lipinski definition) is 1. The monoisotopic (exact) mass is 271 g/mol. The molecule has 0 bridgehead atoms. The lowest BCUT2D eigenvalue weighted by atomic mass is 10.1. The lowest BCUT2D eigenvalue weighted by Gasteiger charge is -2.10. The molecule has 0 saturated heterocycles. The summed E-state index contributed by atoms with van der Waals surface area (Å²) in [6.07, 6.45) is 1.61. The first-order valence-electron chi connectivity index (χ1n) is 6.06. The highest BCUT2D eigenvalue weighted by molar-refractivity contribution is 7.17. The Morgan fingerprint density at radius 2 is 2.11 bits per heavy atom. The first-order valence-corrected chi connectivity index (χ1v) is 6.94. The molecule has 96 valence electrons. The summed E-state index contributed by atoms with van der Waals surface area (Å²) in [7, 11) is 0. The van der Waals surface area contributed by atoms with Gasteiger partial charge in [0.05, 0.1) is 17.9 Å². The van der Waals surface area contributed by atoms with Crippen LogP contribution >= 0.6 is 11.3 Å². The Bertz CT molecular complexity index is 700. The number of amides is 1. The number of benzene rings is 1. The molecule has 0 spiro atoms. The van der Waals surface area contributed by atoms with E-state index in [1.165, 1.54) is 0 Å². The van der Waals surface area contributed by atoms with E-state index in [0.29, 0.717) is 0 Å². The standard InChI is InChI=1S/C15H13NO2S/c1-10(13-6-4-8-18-13)16-15(17)12-9-19-14-7-3-2-5-11(12)14/h2-10H,1H3,(H,16,17)/t10-/m1/s1. The topological polar surface area (TPSA) is 42.2 Å². The molecule has 1 amide bonds. The highest BCUT2D eigenvalue weighted by atomic mass is 32.1. The van der Waals surface area contributed by atoms with Crippen LogP contribution in [0.1, 0.15) is 29.1 Å². The molecule has 2 heterocycles. The van der Waals surface area contributed by atoms with Crippen LogP contribution < -0.4 is 5.32 Å². The van der Waals surface area contributed by atoms with Gasteiger partial charge in [-0.15, -0.1) is 11.3 Å². The van der Waals surface area contributed by atoms with Crippen molar-refractivity contribution in [3.63, 3.8) is 0 Å². The van der Waals surface area contributed by atoms with Gasteiger partial charge in [-0.25, -0.2) is 0 Å². The third-order valence-electron chi connectivity index (χ3n) is 3.04. The lowest BCUT2D eigenvalue weighted by Crippen LogP contribution is -2.26. The van der Waals surface area contributed by atoms with Crippen molar-refractivity contribution in [2.24, 2.45) is 0 Å². The average Bonchev–Trinajstić information content (AvgIpc) is 3.08. The van der Waals surface area contributed by atoms with Crippen molar-refractivity contribution < 1.29 is 9.21 Å². The first-order chi connectivity index (χ1) is 9.25. The summed E-state index contributed by atoms with van der Waals surface area (Å²) >= 11 is 1.58. The predicted octanol–water partition coefficient (Wildman–Crippen LogP) is 3.99. The van der Waals surface area contributed by atoms with Crippen molar-refractivity contribution >= 4 is 27.3 Å². The van der Waals surface area contributed by atoms with Crippen LogP contribution in [0.3, 0.4) is 0 Å². The van der Waals surface area contributed by atoms with E-state index in [1.807, 2.05) is 48.7 Å². The number of thiophene rings is 1. The molecule has 19 heavy (non-hydrogen) atoms. The second-order valence-electron chi connectivity index (χ2n) is 4.36. The minimum atomic E-state index is -0.138. The molecular formula is C15H13NO2S. The normalized spacial score (nSPS) is 12.5. The molecule has 1 aromatic carbocycles. The van der Waals surface area contributed by atoms with Crippen molar-refractivity contribution in [3.05, 3.63) is 59.4 Å². The van der Waals surface area contributed by atoms with Crippen molar-refractivity contribution in [1.29, 1.82) is 0 Å². The third kappa shape index (κ3) is 2.27. The Labute approximate surface area is 114 Å². The maximum absolute atomic E-state index is 12.3. The molecule has 0 aliphatic rings. The SMILES string of the molecule is C[C@@H](NC(=O)c1csc2ccccc12)c1ccco1. The zero-order valence-corrected chi connectivity index (χ0v) is 11.2. The van der Waals surface area contributed by atoms with Crippen LogP contribution in [-0.4, -0.2) is 5.91 Å². The minimum absolute atomic E-state index is 0.0682. The van der Waals surface area contributed by atoms with Gasteiger partial charge in [0.15, 0.2) is 0 Å². The molecule has 1 N–H and O–H groups in total. The summed E-state index contributed by atoms with van der Waals surface area (Å²) in [6, 6.07) is 11.5. The van der Waals surface area contributed by atoms with Crippen molar-refractivity contribution in [1.82, 2.24) is 5.32 Å². The van der Waals surface area contributed by atoms with Gasteiger partial charge in [-0.05, 0) is 25.1 Å². The van der Waals surface area contributed by atoms with Crippen LogP contribution in [0.15, 0.2) is 52.5 Å². The molecule has 1 atom stereocenters. The van der Waals surface area contributed by atoms with E-state index in [0.717, 1.165) is 21.4 Å². The second-order valence-corrected chi connectivity index (χ2v) is 5.27. The van der Waals surface area contributed by atoms with Crippen LogP contribution in [0.2, 0.25) is 0 Å². The molecule has 0 fully saturated rings. The van der Waals surface area contributed by atoms with Crippen LogP contribution in [0.5, 0.6) is 0 Å². The van der Waals surface area contributed by atoms with Gasteiger partial charge in [0.2, 0.25) is 0 Å². The summed E-state index contributed by atoms with van der Waals surface area (Å²) in [5.74, 6) is 0.689. The number of carbonyl (C=O) groups excluding carboxylic acids is 1. The van der Waals surface area contributed by atoms with E-state index in [2.05, 4.69) is 5.32 Å². The highest BCUT2D eigenvalue weighted by Crippen LogP contribution is 2.26. The smallest absolute Gasteiger partial charge is 0.253 e. The van der Waals surface area contributed by atoms with E-state index in [4.69, 9.17) is 4.42 Å². The van der Waals surface area contributed by atoms with Crippen molar-refractivity contribution in [3.8, 4) is 0 Å². The Morgan fingerprint density at radius 3 is 2.89 bits per heavy atom. The molecule has 0 saturated carbocycles. The largest absolute Gasteiger partial charge is 0.467 e. The van der Waals surface area contributed by atoms with Crippen LogP contribution in [0.25, 0.3) is 10.1 Å². The Kier molecular flexibility index (Phi) is 3.09. The summed E-state index contributed by atoms with van der Waals surface area (Å²) in [5.41, 5.74) is 0.721. The van der Waals surface area contributed by atoms with Gasteiger partial charge >= 0.3 is 0 Å². The summed E-state index contributed by atoms with van der Waals surface area (Å²) in [5, 5.41) is 5.85. The zero-order valence-electron chi connectivity index (χ0n) is 10.4. The third-order valence-corrected chi connectivity index (χ3v) is 4.01. The maximum Gasteiger partial charge on any atom is 0.253 e. The van der Waals surface area contributed by atoms with Gasteiger partial charge in [-0.3, -0.25) is 4.79 Å². The van der Waals surface area contributed by atoms with Crippen LogP contribution in [-0.2, 0) is 0 Å². The van der Waals surface area contributed by atoms with Crippen LogP contribution in [0.4, 0.5) is 0 Å². The summed E-state index contributed by atoms with van der Waals surface area (Å²) < 4.78 is 6.41. The lowest BCUT2D eigenvalue weighted by molar-refractivity contribution is 0.0937. The van der Waals surface area contributed by atoms with Gasteiger partial charge in [-0.2, -0.15) is 0 Å². The van der Waals surface area contributed by atoms with E-state index < -0.39 is 0 Å². The molecule has 0 radical (unpaired) electrons. The second kappa shape index (κ2) is 4.90. The van der Waals surface area contributed by atoms with Crippen molar-refractivity contribution in [2.75, 3.05) is 0 Å². The molecular weight excluding hydrogens is 258 g/mol. The molecule has 0 unspecified atom stereocenters. The Morgan fingerprint density at radius 1 is 1.26 bits per heavy atom. The first kappa shape index (κ1) is 12.0. The maximum atomic E-state index is 12.3. The number of furan rings is 1. The van der Waals surface area contributed by atoms with E-state index in [9.17, 15) is 4.79 Å². The Balaban J connectivity index is 1.84. The predicted molar refractivity (Wildman–Crippen MR) is 76.4 cm³/mol. The zero-order chi connectivity index (χ0) is 13.2. The molecule has 0 aliphatic heterocycles. The number of rotatable bonds is 3. The number of hydrogen-bond acceptors (Lipinski definition) is 3. The summed E-state index contributed by atoms with van der Waals surface area (Å²) in [6.45, 7) is 1.91. The quantitative estimate of drug-likeness (QED) is 0.782. The molecule has 0 aliphatic carbocycles. The number of nitrogens with one attached hydrogen (secondary N) is 1.